The normalized spacial score (nSPS) is 10.4. The van der Waals surface area contributed by atoms with Gasteiger partial charge < -0.3 is 23.9 Å². The topological polar surface area (TPSA) is 155 Å². The molecule has 0 aliphatic heterocycles. The minimum Gasteiger partial charge on any atom is -0.493 e. The summed E-state index contributed by atoms with van der Waals surface area (Å²) in [6.07, 6.45) is 1.09. The zero-order valence-electron chi connectivity index (χ0n) is 15.8. The van der Waals surface area contributed by atoms with Gasteiger partial charge >= 0.3 is 5.88 Å². The van der Waals surface area contributed by atoms with E-state index < -0.39 is 22.6 Å². The van der Waals surface area contributed by atoms with E-state index in [1.807, 2.05) is 0 Å². The molecule has 0 aliphatic rings. The van der Waals surface area contributed by atoms with Gasteiger partial charge in [-0.05, 0) is 18.2 Å². The highest BCUT2D eigenvalue weighted by atomic mass is 16.6. The van der Waals surface area contributed by atoms with E-state index in [1.54, 1.807) is 0 Å². The highest BCUT2D eigenvalue weighted by Crippen LogP contribution is 2.38. The summed E-state index contributed by atoms with van der Waals surface area (Å²) in [5.41, 5.74) is 2.35. The number of nitrogens with one attached hydrogen (secondary N) is 2. The summed E-state index contributed by atoms with van der Waals surface area (Å²) in [6, 6.07) is 5.36. The van der Waals surface area contributed by atoms with Gasteiger partial charge in [0, 0.05) is 5.56 Å². The first-order chi connectivity index (χ1) is 13.9. The molecular formula is C17H18N4O8. The van der Waals surface area contributed by atoms with Crippen LogP contribution in [0.3, 0.4) is 0 Å². The molecule has 0 radical (unpaired) electrons. The molecule has 0 atom stereocenters. The van der Waals surface area contributed by atoms with Crippen LogP contribution >= 0.6 is 0 Å². The number of benzene rings is 1. The van der Waals surface area contributed by atoms with Gasteiger partial charge in [-0.25, -0.2) is 5.43 Å². The molecule has 1 aromatic heterocycles. The Hall–Kier alpha value is -4.09. The third-order valence-electron chi connectivity index (χ3n) is 3.51. The second-order valence-corrected chi connectivity index (χ2v) is 5.32. The number of nitrogens with zero attached hydrogens (tertiary/aromatic N) is 2. The molecule has 2 N–H and O–H groups in total. The molecule has 0 unspecified atom stereocenters. The molecule has 2 rings (SSSR count). The maximum absolute atomic E-state index is 12.3. The van der Waals surface area contributed by atoms with Crippen LogP contribution in [-0.4, -0.2) is 50.8 Å². The summed E-state index contributed by atoms with van der Waals surface area (Å²) in [5, 5.41) is 16.5. The van der Waals surface area contributed by atoms with Crippen LogP contribution in [0.2, 0.25) is 0 Å². The number of hydrogen-bond donors (Lipinski definition) is 2. The average molecular weight is 406 g/mol. The van der Waals surface area contributed by atoms with Crippen LogP contribution in [0, 0.1) is 10.1 Å². The van der Waals surface area contributed by atoms with E-state index in [0.29, 0.717) is 17.2 Å². The average Bonchev–Trinajstić information content (AvgIpc) is 3.20. The lowest BCUT2D eigenvalue weighted by molar-refractivity contribution is -0.402. The molecule has 0 saturated carbocycles. The fourth-order valence-electron chi connectivity index (χ4n) is 2.19. The summed E-state index contributed by atoms with van der Waals surface area (Å²) in [4.78, 5) is 33.9. The van der Waals surface area contributed by atoms with Crippen molar-refractivity contribution in [3.05, 3.63) is 45.7 Å². The number of carbonyl (C=O) groups excluding carboxylic acids is 2. The molecule has 12 nitrogen and oxygen atoms in total. The van der Waals surface area contributed by atoms with Gasteiger partial charge in [0.2, 0.25) is 5.75 Å². The van der Waals surface area contributed by atoms with Crippen LogP contribution in [0.4, 0.5) is 5.88 Å². The molecule has 29 heavy (non-hydrogen) atoms. The van der Waals surface area contributed by atoms with Crippen molar-refractivity contribution in [1.82, 2.24) is 10.7 Å². The Kier molecular flexibility index (Phi) is 7.12. The van der Waals surface area contributed by atoms with Gasteiger partial charge in [0.05, 0.1) is 40.2 Å². The van der Waals surface area contributed by atoms with E-state index in [-0.39, 0.29) is 17.9 Å². The zero-order valence-corrected chi connectivity index (χ0v) is 15.8. The molecule has 0 bridgehead atoms. The molecule has 1 aromatic carbocycles. The van der Waals surface area contributed by atoms with E-state index in [0.717, 1.165) is 12.3 Å². The maximum Gasteiger partial charge on any atom is 0.433 e. The van der Waals surface area contributed by atoms with Crippen LogP contribution in [0.5, 0.6) is 17.2 Å². The van der Waals surface area contributed by atoms with Crippen molar-refractivity contribution in [3.8, 4) is 17.2 Å². The highest BCUT2D eigenvalue weighted by molar-refractivity contribution is 5.97. The van der Waals surface area contributed by atoms with Crippen molar-refractivity contribution >= 4 is 23.9 Å². The van der Waals surface area contributed by atoms with Crippen molar-refractivity contribution in [2.45, 2.75) is 0 Å². The van der Waals surface area contributed by atoms with Gasteiger partial charge in [0.15, 0.2) is 17.3 Å². The Morgan fingerprint density at radius 2 is 1.83 bits per heavy atom. The van der Waals surface area contributed by atoms with Gasteiger partial charge in [-0.2, -0.15) is 5.10 Å². The molecule has 2 aromatic rings. The number of hydrazone groups is 1. The van der Waals surface area contributed by atoms with Crippen molar-refractivity contribution in [1.29, 1.82) is 0 Å². The number of hydrogen-bond acceptors (Lipinski definition) is 9. The van der Waals surface area contributed by atoms with E-state index in [1.165, 1.54) is 39.5 Å². The van der Waals surface area contributed by atoms with Crippen molar-refractivity contribution in [3.63, 3.8) is 0 Å². The number of carbonyl (C=O) groups is 2. The molecule has 1 heterocycles. The van der Waals surface area contributed by atoms with Crippen LogP contribution in [0.1, 0.15) is 16.1 Å². The smallest absolute Gasteiger partial charge is 0.433 e. The lowest BCUT2D eigenvalue weighted by Crippen LogP contribution is -2.34. The van der Waals surface area contributed by atoms with E-state index in [4.69, 9.17) is 18.6 Å². The first kappa shape index (κ1) is 21.2. The molecule has 0 fully saturated rings. The van der Waals surface area contributed by atoms with Crippen LogP contribution < -0.4 is 25.0 Å². The van der Waals surface area contributed by atoms with Gasteiger partial charge in [-0.1, -0.05) is 0 Å². The summed E-state index contributed by atoms with van der Waals surface area (Å²) in [7, 11) is 4.27. The van der Waals surface area contributed by atoms with Gasteiger partial charge in [0.1, 0.15) is 4.92 Å². The number of ether oxygens (including phenoxy) is 3. The van der Waals surface area contributed by atoms with E-state index >= 15 is 0 Å². The summed E-state index contributed by atoms with van der Waals surface area (Å²) < 4.78 is 20.4. The highest BCUT2D eigenvalue weighted by Gasteiger charge is 2.17. The predicted octanol–water partition coefficient (Wildman–Crippen LogP) is 1.09. The molecule has 0 aliphatic carbocycles. The molecular weight excluding hydrogens is 388 g/mol. The minimum absolute atomic E-state index is 0.0819. The molecule has 0 spiro atoms. The van der Waals surface area contributed by atoms with Crippen LogP contribution in [0.15, 0.2) is 33.8 Å². The van der Waals surface area contributed by atoms with Crippen molar-refractivity contribution in [2.75, 3.05) is 27.9 Å². The third kappa shape index (κ3) is 5.45. The fraction of sp³-hybridized carbons (Fsp3) is 0.235. The third-order valence-corrected chi connectivity index (χ3v) is 3.51. The Morgan fingerprint density at radius 3 is 2.34 bits per heavy atom. The number of methoxy groups -OCH3 is 3. The predicted molar refractivity (Wildman–Crippen MR) is 99.5 cm³/mol. The van der Waals surface area contributed by atoms with Crippen LogP contribution in [-0.2, 0) is 4.79 Å². The first-order valence-electron chi connectivity index (χ1n) is 8.04. The quantitative estimate of drug-likeness (QED) is 0.356. The van der Waals surface area contributed by atoms with Crippen molar-refractivity contribution in [2.24, 2.45) is 5.10 Å². The van der Waals surface area contributed by atoms with E-state index in [9.17, 15) is 19.7 Å². The maximum atomic E-state index is 12.3. The molecule has 0 saturated heterocycles. The Bertz CT molecular complexity index is 912. The van der Waals surface area contributed by atoms with Crippen LogP contribution in [0.25, 0.3) is 0 Å². The van der Waals surface area contributed by atoms with Gasteiger partial charge in [-0.15, -0.1) is 0 Å². The lowest BCUT2D eigenvalue weighted by Gasteiger charge is -2.13. The van der Waals surface area contributed by atoms with Gasteiger partial charge in [-0.3, -0.25) is 19.7 Å². The van der Waals surface area contributed by atoms with Crippen molar-refractivity contribution < 1.29 is 33.1 Å². The number of amides is 2. The summed E-state index contributed by atoms with van der Waals surface area (Å²) in [6.45, 7) is -0.370. The monoisotopic (exact) mass is 406 g/mol. The summed E-state index contributed by atoms with van der Waals surface area (Å²) in [5.74, 6) is -0.629. The number of nitro groups is 1. The van der Waals surface area contributed by atoms with E-state index in [2.05, 4.69) is 15.8 Å². The largest absolute Gasteiger partial charge is 0.493 e. The Balaban J connectivity index is 1.93. The SMILES string of the molecule is COc1cc(C(=O)NCC(=O)NN=Cc2ccc([N+](=O)[O-])o2)cc(OC)c1OC. The summed E-state index contributed by atoms with van der Waals surface area (Å²) >= 11 is 0. The second-order valence-electron chi connectivity index (χ2n) is 5.32. The standard InChI is InChI=1S/C17H18N4O8/c1-26-12-6-10(7-13(27-2)16(12)28-3)17(23)18-9-14(22)20-19-8-11-4-5-15(29-11)21(24)25/h4-8H,9H2,1-3H3,(H,18,23)(H,20,22). The molecule has 12 heteroatoms. The lowest BCUT2D eigenvalue weighted by atomic mass is 10.1. The first-order valence-corrected chi connectivity index (χ1v) is 8.04. The Morgan fingerprint density at radius 1 is 1.17 bits per heavy atom. The molecule has 154 valence electrons. The van der Waals surface area contributed by atoms with Gasteiger partial charge in [0.25, 0.3) is 11.8 Å². The Labute approximate surface area is 164 Å². The fourth-order valence-corrected chi connectivity index (χ4v) is 2.19. The minimum atomic E-state index is -0.700. The zero-order chi connectivity index (χ0) is 21.4. The second kappa shape index (κ2) is 9.73. The number of furan rings is 1. The number of rotatable bonds is 9. The molecule has 2 amide bonds.